The van der Waals surface area contributed by atoms with Crippen LogP contribution in [-0.2, 0) is 0 Å². The SMILES string of the molecule is Brc1ccc2c(c1)nn1cc(Br)cnc21. The van der Waals surface area contributed by atoms with Gasteiger partial charge in [-0.2, -0.15) is 5.10 Å². The average molecular weight is 327 g/mol. The van der Waals surface area contributed by atoms with Crippen LogP contribution in [0.15, 0.2) is 39.5 Å². The molecular formula is C10H5Br2N3. The summed E-state index contributed by atoms with van der Waals surface area (Å²) in [6.07, 6.45) is 3.68. The van der Waals surface area contributed by atoms with E-state index in [1.54, 1.807) is 10.7 Å². The van der Waals surface area contributed by atoms with Gasteiger partial charge in [0.25, 0.3) is 0 Å². The molecule has 3 aromatic rings. The predicted molar refractivity (Wildman–Crippen MR) is 65.9 cm³/mol. The molecular weight excluding hydrogens is 322 g/mol. The van der Waals surface area contributed by atoms with Gasteiger partial charge in [0.1, 0.15) is 0 Å². The van der Waals surface area contributed by atoms with Gasteiger partial charge in [-0.05, 0) is 34.1 Å². The summed E-state index contributed by atoms with van der Waals surface area (Å²) < 4.78 is 3.72. The van der Waals surface area contributed by atoms with Crippen LogP contribution in [0.4, 0.5) is 0 Å². The van der Waals surface area contributed by atoms with Crippen LogP contribution in [0.1, 0.15) is 0 Å². The molecule has 5 heteroatoms. The Morgan fingerprint density at radius 1 is 1.13 bits per heavy atom. The summed E-state index contributed by atoms with van der Waals surface area (Å²) in [5.41, 5.74) is 1.82. The molecule has 15 heavy (non-hydrogen) atoms. The van der Waals surface area contributed by atoms with E-state index in [9.17, 15) is 0 Å². The van der Waals surface area contributed by atoms with Crippen LogP contribution < -0.4 is 0 Å². The minimum atomic E-state index is 0.876. The van der Waals surface area contributed by atoms with Crippen LogP contribution >= 0.6 is 31.9 Å². The van der Waals surface area contributed by atoms with Crippen LogP contribution in [0, 0.1) is 0 Å². The normalized spacial score (nSPS) is 11.3. The molecule has 0 N–H and O–H groups in total. The fourth-order valence-corrected chi connectivity index (χ4v) is 2.20. The number of rotatable bonds is 0. The molecule has 3 nitrogen and oxygen atoms in total. The van der Waals surface area contributed by atoms with Crippen molar-refractivity contribution in [2.75, 3.05) is 0 Å². The summed E-state index contributed by atoms with van der Waals surface area (Å²) >= 11 is 6.80. The van der Waals surface area contributed by atoms with Crippen molar-refractivity contribution in [3.8, 4) is 0 Å². The van der Waals surface area contributed by atoms with Gasteiger partial charge in [0, 0.05) is 22.3 Å². The topological polar surface area (TPSA) is 30.2 Å². The van der Waals surface area contributed by atoms with Gasteiger partial charge in [-0.15, -0.1) is 0 Å². The highest BCUT2D eigenvalue weighted by Gasteiger charge is 2.05. The van der Waals surface area contributed by atoms with E-state index in [1.165, 1.54) is 0 Å². The minimum absolute atomic E-state index is 0.876. The summed E-state index contributed by atoms with van der Waals surface area (Å²) in [6.45, 7) is 0. The van der Waals surface area contributed by atoms with Crippen LogP contribution in [0.3, 0.4) is 0 Å². The first-order valence-corrected chi connectivity index (χ1v) is 5.92. The third-order valence-corrected chi connectivity index (χ3v) is 3.09. The number of nitrogens with zero attached hydrogens (tertiary/aromatic N) is 3. The number of halogens is 2. The van der Waals surface area contributed by atoms with Crippen molar-refractivity contribution in [1.82, 2.24) is 14.6 Å². The predicted octanol–water partition coefficient (Wildman–Crippen LogP) is 3.41. The third kappa shape index (κ3) is 1.46. The highest BCUT2D eigenvalue weighted by Crippen LogP contribution is 2.22. The van der Waals surface area contributed by atoms with Crippen molar-refractivity contribution in [3.63, 3.8) is 0 Å². The highest BCUT2D eigenvalue weighted by atomic mass is 79.9. The van der Waals surface area contributed by atoms with Gasteiger partial charge in [-0.3, -0.25) is 0 Å². The molecule has 0 saturated carbocycles. The molecule has 0 saturated heterocycles. The molecule has 0 fully saturated rings. The molecule has 0 amide bonds. The van der Waals surface area contributed by atoms with Gasteiger partial charge in [0.15, 0.2) is 5.65 Å². The molecule has 0 unspecified atom stereocenters. The van der Waals surface area contributed by atoms with Gasteiger partial charge in [0.05, 0.1) is 9.99 Å². The molecule has 0 bridgehead atoms. The van der Waals surface area contributed by atoms with E-state index in [0.717, 1.165) is 25.5 Å². The van der Waals surface area contributed by atoms with E-state index >= 15 is 0 Å². The molecule has 0 spiro atoms. The summed E-state index contributed by atoms with van der Waals surface area (Å²) in [5.74, 6) is 0. The number of benzene rings is 1. The first kappa shape index (κ1) is 9.30. The Hall–Kier alpha value is -0.940. The molecule has 2 heterocycles. The number of hydrogen-bond acceptors (Lipinski definition) is 2. The Kier molecular flexibility index (Phi) is 2.03. The van der Waals surface area contributed by atoms with Gasteiger partial charge in [0.2, 0.25) is 0 Å². The molecule has 1 aromatic carbocycles. The summed E-state index contributed by atoms with van der Waals surface area (Å²) in [4.78, 5) is 4.34. The van der Waals surface area contributed by atoms with Crippen molar-refractivity contribution < 1.29 is 0 Å². The number of aromatic nitrogens is 3. The lowest BCUT2D eigenvalue weighted by atomic mass is 10.2. The standard InChI is InChI=1S/C10H5Br2N3/c11-6-1-2-8-9(3-6)14-15-5-7(12)4-13-10(8)15/h1-5H. The monoisotopic (exact) mass is 325 g/mol. The van der Waals surface area contributed by atoms with E-state index < -0.39 is 0 Å². The van der Waals surface area contributed by atoms with E-state index in [2.05, 4.69) is 41.9 Å². The van der Waals surface area contributed by atoms with Crippen LogP contribution in [-0.4, -0.2) is 14.6 Å². The zero-order valence-corrected chi connectivity index (χ0v) is 10.7. The smallest absolute Gasteiger partial charge is 0.162 e. The first-order valence-electron chi connectivity index (χ1n) is 4.33. The zero-order chi connectivity index (χ0) is 10.4. The second kappa shape index (κ2) is 3.28. The van der Waals surface area contributed by atoms with Crippen molar-refractivity contribution >= 4 is 48.4 Å². The summed E-state index contributed by atoms with van der Waals surface area (Å²) in [7, 11) is 0. The summed E-state index contributed by atoms with van der Waals surface area (Å²) in [6, 6.07) is 5.99. The van der Waals surface area contributed by atoms with Gasteiger partial charge in [-0.1, -0.05) is 15.9 Å². The number of hydrogen-bond donors (Lipinski definition) is 0. The van der Waals surface area contributed by atoms with Crippen LogP contribution in [0.25, 0.3) is 16.6 Å². The molecule has 0 aliphatic carbocycles. The van der Waals surface area contributed by atoms with E-state index in [1.807, 2.05) is 24.4 Å². The molecule has 3 rings (SSSR count). The Morgan fingerprint density at radius 2 is 2.00 bits per heavy atom. The van der Waals surface area contributed by atoms with Crippen LogP contribution in [0.2, 0.25) is 0 Å². The molecule has 0 aliphatic heterocycles. The zero-order valence-electron chi connectivity index (χ0n) is 7.48. The van der Waals surface area contributed by atoms with Gasteiger partial charge < -0.3 is 0 Å². The second-order valence-electron chi connectivity index (χ2n) is 3.20. The van der Waals surface area contributed by atoms with Crippen LogP contribution in [0.5, 0.6) is 0 Å². The Morgan fingerprint density at radius 3 is 2.87 bits per heavy atom. The molecule has 74 valence electrons. The summed E-state index contributed by atoms with van der Waals surface area (Å²) in [5, 5.41) is 5.49. The first-order chi connectivity index (χ1) is 7.24. The molecule has 0 radical (unpaired) electrons. The van der Waals surface area contributed by atoms with Gasteiger partial charge in [-0.25, -0.2) is 9.50 Å². The van der Waals surface area contributed by atoms with Crippen molar-refractivity contribution in [2.45, 2.75) is 0 Å². The van der Waals surface area contributed by atoms with E-state index in [-0.39, 0.29) is 0 Å². The van der Waals surface area contributed by atoms with Crippen molar-refractivity contribution in [2.24, 2.45) is 0 Å². The largest absolute Gasteiger partial charge is 0.235 e. The maximum atomic E-state index is 4.43. The Balaban J connectivity index is 2.51. The number of fused-ring (bicyclic) bond motifs is 3. The molecule has 2 aromatic heterocycles. The lowest BCUT2D eigenvalue weighted by Gasteiger charge is -1.92. The maximum Gasteiger partial charge on any atom is 0.162 e. The quantitative estimate of drug-likeness (QED) is 0.633. The van der Waals surface area contributed by atoms with Gasteiger partial charge >= 0.3 is 0 Å². The van der Waals surface area contributed by atoms with E-state index in [0.29, 0.717) is 0 Å². The third-order valence-electron chi connectivity index (χ3n) is 2.19. The average Bonchev–Trinajstić information content (AvgIpc) is 2.53. The fourth-order valence-electron chi connectivity index (χ4n) is 1.56. The lowest BCUT2D eigenvalue weighted by Crippen LogP contribution is -1.88. The molecule has 0 aliphatic rings. The van der Waals surface area contributed by atoms with E-state index in [4.69, 9.17) is 0 Å². The van der Waals surface area contributed by atoms with Crippen molar-refractivity contribution in [1.29, 1.82) is 0 Å². The van der Waals surface area contributed by atoms with Crippen molar-refractivity contribution in [3.05, 3.63) is 39.5 Å². The minimum Gasteiger partial charge on any atom is -0.235 e. The molecule has 0 atom stereocenters. The Bertz CT molecular complexity index is 604. The maximum absolute atomic E-state index is 4.43. The highest BCUT2D eigenvalue weighted by molar-refractivity contribution is 9.10. The Labute approximate surface area is 102 Å². The lowest BCUT2D eigenvalue weighted by molar-refractivity contribution is 0.950. The second-order valence-corrected chi connectivity index (χ2v) is 5.03. The fraction of sp³-hybridized carbons (Fsp3) is 0.